The molecular formula is C55H80N8O6S2. The summed E-state index contributed by atoms with van der Waals surface area (Å²) in [5.41, 5.74) is 11.9. The molecule has 0 spiro atoms. The molecule has 2 aromatic heterocycles. The molecule has 14 nitrogen and oxygen atoms in total. The molecule has 4 aromatic rings. The van der Waals surface area contributed by atoms with Crippen LogP contribution in [0.1, 0.15) is 131 Å². The highest BCUT2D eigenvalue weighted by Crippen LogP contribution is 2.44. The maximum Gasteiger partial charge on any atom is 0.223 e. The predicted octanol–water partition coefficient (Wildman–Crippen LogP) is 7.61. The molecule has 0 bridgehead atoms. The first kappa shape index (κ1) is 58.2. The second-order valence-electron chi connectivity index (χ2n) is 19.3. The van der Waals surface area contributed by atoms with Crippen LogP contribution in [0.3, 0.4) is 0 Å². The molecule has 0 saturated heterocycles. The van der Waals surface area contributed by atoms with Crippen LogP contribution in [0.4, 0.5) is 0 Å². The Bertz CT molecular complexity index is 2190. The van der Waals surface area contributed by atoms with Crippen molar-refractivity contribution in [3.8, 4) is 0 Å². The molecular weight excluding hydrogens is 933 g/mol. The van der Waals surface area contributed by atoms with Gasteiger partial charge in [-0.25, -0.2) is 0 Å². The first-order valence-electron chi connectivity index (χ1n) is 25.2. The first-order chi connectivity index (χ1) is 34.0. The van der Waals surface area contributed by atoms with Crippen LogP contribution in [0, 0.1) is 0 Å². The molecule has 1 atom stereocenters. The number of hydrogen-bond donors (Lipinski definition) is 5. The molecule has 2 saturated carbocycles. The van der Waals surface area contributed by atoms with Gasteiger partial charge in [-0.1, -0.05) is 72.8 Å². The second kappa shape index (κ2) is 29.8. The summed E-state index contributed by atoms with van der Waals surface area (Å²) in [5.74, 6) is -1.03. The molecule has 0 radical (unpaired) electrons. The summed E-state index contributed by atoms with van der Waals surface area (Å²) in [6, 6.07) is 29.4. The monoisotopic (exact) mass is 1010 g/mol. The minimum Gasteiger partial charge on any atom is -0.370 e. The van der Waals surface area contributed by atoms with E-state index in [0.717, 1.165) is 69.8 Å². The minimum absolute atomic E-state index is 0.0115. The van der Waals surface area contributed by atoms with E-state index in [1.54, 1.807) is 0 Å². The number of thiophene rings is 2. The lowest BCUT2D eigenvalue weighted by atomic mass is 9.77. The molecule has 6 amide bonds. The largest absolute Gasteiger partial charge is 0.370 e. The first-order valence-corrected chi connectivity index (χ1v) is 26.9. The molecule has 6 rings (SSSR count). The smallest absolute Gasteiger partial charge is 0.223 e. The van der Waals surface area contributed by atoms with Crippen molar-refractivity contribution in [2.24, 2.45) is 11.5 Å². The molecule has 7 N–H and O–H groups in total. The highest BCUT2D eigenvalue weighted by molar-refractivity contribution is 7.10. The number of nitrogens with one attached hydrogen (secondary N) is 3. The Morgan fingerprint density at radius 2 is 1.01 bits per heavy atom. The van der Waals surface area contributed by atoms with Crippen LogP contribution < -0.4 is 27.4 Å². The average molecular weight is 1010 g/mol. The van der Waals surface area contributed by atoms with E-state index in [9.17, 15) is 28.8 Å². The minimum atomic E-state index is -0.496. The van der Waals surface area contributed by atoms with Crippen LogP contribution in [0.15, 0.2) is 95.7 Å². The zero-order valence-corrected chi connectivity index (χ0v) is 44.6. The van der Waals surface area contributed by atoms with Gasteiger partial charge in [-0.15, -0.1) is 22.7 Å². The van der Waals surface area contributed by atoms with E-state index >= 15 is 0 Å². The topological polar surface area (TPSA) is 200 Å². The number of nitrogens with zero attached hydrogens (tertiary/aromatic N) is 3. The number of rotatable bonds is 22. The van der Waals surface area contributed by atoms with Gasteiger partial charge in [0.25, 0.3) is 0 Å². The van der Waals surface area contributed by atoms with Crippen LogP contribution in [0.25, 0.3) is 0 Å². The summed E-state index contributed by atoms with van der Waals surface area (Å²) >= 11 is 3.63. The van der Waals surface area contributed by atoms with Gasteiger partial charge < -0.3 is 32.3 Å². The van der Waals surface area contributed by atoms with E-state index in [4.69, 9.17) is 11.5 Å². The van der Waals surface area contributed by atoms with Crippen molar-refractivity contribution in [3.63, 3.8) is 0 Å². The lowest BCUT2D eigenvalue weighted by molar-refractivity contribution is -0.134. The normalized spacial score (nSPS) is 20.0. The maximum atomic E-state index is 12.6. The van der Waals surface area contributed by atoms with Gasteiger partial charge in [0.05, 0.1) is 11.1 Å². The van der Waals surface area contributed by atoms with Gasteiger partial charge in [0.15, 0.2) is 0 Å². The molecule has 1 unspecified atom stereocenters. The van der Waals surface area contributed by atoms with Crippen molar-refractivity contribution in [2.45, 2.75) is 152 Å². The van der Waals surface area contributed by atoms with Crippen LogP contribution in [-0.4, -0.2) is 103 Å². The Morgan fingerprint density at radius 3 is 1.41 bits per heavy atom. The predicted molar refractivity (Wildman–Crippen MR) is 286 cm³/mol. The number of primary amides is 2. The third-order valence-electron chi connectivity index (χ3n) is 13.9. The average Bonchev–Trinajstić information content (AvgIpc) is 4.12. The summed E-state index contributed by atoms with van der Waals surface area (Å²) < 4.78 is 0. The molecule has 2 aliphatic carbocycles. The van der Waals surface area contributed by atoms with Crippen molar-refractivity contribution in [1.29, 1.82) is 0 Å². The van der Waals surface area contributed by atoms with Gasteiger partial charge in [-0.2, -0.15) is 0 Å². The Balaban J connectivity index is 0.000000268. The maximum absolute atomic E-state index is 12.6. The Labute approximate surface area is 430 Å². The van der Waals surface area contributed by atoms with Crippen LogP contribution in [0.2, 0.25) is 0 Å². The standard InChI is InChI=1S/C26H37N3O2S.C25H35N3O2S.C4H8N2O2/c1-20(11-12-21-8-5-4-6-9-21)27-24(30)13-14-25(31)28-22-15-17-26(18-16-22,29(2)3)23-10-7-19-32-23;1-4-28(19-20-9-6-5-7-10-20)24(30)13-12-23(29)26-21-14-16-25(17-15-21,27(2)3)22-11-8-18-31-22;5-3(7)1-2-4(6)8/h4-10,19-20,22H,11-18H2,1-3H3,(H,27,30)(H,28,31);5-11,18,21H,4,12-17,19H2,1-3H3,(H,26,29);1-2H2,(H2,5,7)(H2,6,8). The number of carbonyl (C=O) groups excluding carboxylic acids is 6. The molecule has 388 valence electrons. The van der Waals surface area contributed by atoms with Gasteiger partial charge in [0.1, 0.15) is 0 Å². The number of aryl methyl sites for hydroxylation is 1. The van der Waals surface area contributed by atoms with Crippen molar-refractivity contribution < 1.29 is 28.8 Å². The van der Waals surface area contributed by atoms with E-state index in [2.05, 4.69) is 101 Å². The number of amides is 6. The molecule has 71 heavy (non-hydrogen) atoms. The zero-order chi connectivity index (χ0) is 51.8. The van der Waals surface area contributed by atoms with Crippen molar-refractivity contribution in [3.05, 3.63) is 117 Å². The number of benzene rings is 2. The molecule has 2 aromatic carbocycles. The third kappa shape index (κ3) is 19.3. The SMILES string of the molecule is CC(CCc1ccccc1)NC(=O)CCC(=O)NC1CCC(c2cccs2)(N(C)C)CC1.CCN(Cc1ccccc1)C(=O)CCC(=O)NC1CCC(c2cccs2)(N(C)C)CC1.NC(=O)CCC(N)=O. The van der Waals surface area contributed by atoms with E-state index in [1.165, 1.54) is 15.3 Å². The number of carbonyl (C=O) groups is 6. The van der Waals surface area contributed by atoms with Crippen molar-refractivity contribution in [2.75, 3.05) is 34.7 Å². The fourth-order valence-corrected chi connectivity index (χ4v) is 11.6. The van der Waals surface area contributed by atoms with E-state index in [-0.39, 0.29) is 91.4 Å². The van der Waals surface area contributed by atoms with Crippen molar-refractivity contribution >= 4 is 58.1 Å². The van der Waals surface area contributed by atoms with E-state index in [1.807, 2.05) is 90.0 Å². The fraction of sp³-hybridized carbons (Fsp3) is 0.527. The fourth-order valence-electron chi connectivity index (χ4n) is 9.47. The molecule has 2 fully saturated rings. The third-order valence-corrected chi connectivity index (χ3v) is 16.0. The highest BCUT2D eigenvalue weighted by Gasteiger charge is 2.41. The summed E-state index contributed by atoms with van der Waals surface area (Å²) in [5, 5.41) is 13.6. The molecule has 2 heterocycles. The molecule has 16 heteroatoms. The van der Waals surface area contributed by atoms with Crippen LogP contribution in [-0.2, 0) is 52.8 Å². The zero-order valence-electron chi connectivity index (χ0n) is 43.0. The Morgan fingerprint density at radius 1 is 0.592 bits per heavy atom. The second-order valence-corrected chi connectivity index (χ2v) is 21.2. The van der Waals surface area contributed by atoms with Gasteiger partial charge in [0, 0.05) is 79.5 Å². The van der Waals surface area contributed by atoms with Crippen molar-refractivity contribution in [1.82, 2.24) is 30.7 Å². The molecule has 0 aliphatic heterocycles. The van der Waals surface area contributed by atoms with Gasteiger partial charge >= 0.3 is 0 Å². The summed E-state index contributed by atoms with van der Waals surface area (Å²) in [7, 11) is 8.61. The Kier molecular flexibility index (Phi) is 24.4. The van der Waals surface area contributed by atoms with Crippen LogP contribution in [0.5, 0.6) is 0 Å². The quantitative estimate of drug-likeness (QED) is 0.0530. The van der Waals surface area contributed by atoms with Crippen LogP contribution >= 0.6 is 22.7 Å². The van der Waals surface area contributed by atoms with E-state index in [0.29, 0.717) is 13.1 Å². The molecule has 2 aliphatic rings. The summed E-state index contributed by atoms with van der Waals surface area (Å²) in [4.78, 5) is 79.0. The van der Waals surface area contributed by atoms with E-state index < -0.39 is 11.8 Å². The number of hydrogen-bond acceptors (Lipinski definition) is 10. The lowest BCUT2D eigenvalue weighted by Gasteiger charge is -2.44. The highest BCUT2D eigenvalue weighted by atomic mass is 32.1. The summed E-state index contributed by atoms with van der Waals surface area (Å²) in [6.07, 6.45) is 10.9. The van der Waals surface area contributed by atoms with Gasteiger partial charge in [-0.05, 0) is 140 Å². The van der Waals surface area contributed by atoms with Gasteiger partial charge in [-0.3, -0.25) is 38.6 Å². The van der Waals surface area contributed by atoms with Gasteiger partial charge in [0.2, 0.25) is 35.4 Å². The number of nitrogens with two attached hydrogens (primary N) is 2. The Hall–Kier alpha value is -5.42. The summed E-state index contributed by atoms with van der Waals surface area (Å²) in [6.45, 7) is 5.24. The lowest BCUT2D eigenvalue weighted by Crippen LogP contribution is -2.48.